The number of rotatable bonds is 4. The summed E-state index contributed by atoms with van der Waals surface area (Å²) in [6.45, 7) is 0.419. The second-order valence-electron chi connectivity index (χ2n) is 6.73. The van der Waals surface area contributed by atoms with Crippen LogP contribution in [-0.2, 0) is 6.42 Å². The second-order valence-corrected chi connectivity index (χ2v) is 7.71. The van der Waals surface area contributed by atoms with Gasteiger partial charge in [0.25, 0.3) is 5.91 Å². The van der Waals surface area contributed by atoms with Crippen LogP contribution in [0.3, 0.4) is 0 Å². The Morgan fingerprint density at radius 1 is 1.07 bits per heavy atom. The molecule has 2 aromatic carbocycles. The zero-order valence-electron chi connectivity index (χ0n) is 15.9. The lowest BCUT2D eigenvalue weighted by Gasteiger charge is -2.37. The van der Waals surface area contributed by atoms with Gasteiger partial charge < -0.3 is 14.4 Å². The van der Waals surface area contributed by atoms with Gasteiger partial charge in [-0.2, -0.15) is 0 Å². The van der Waals surface area contributed by atoms with Crippen LogP contribution in [0.4, 0.5) is 8.78 Å². The molecule has 0 unspecified atom stereocenters. The Morgan fingerprint density at radius 3 is 2.38 bits per heavy atom. The maximum Gasteiger partial charge on any atom is 0.254 e. The van der Waals surface area contributed by atoms with E-state index < -0.39 is 17.5 Å². The number of halogens is 2. The lowest BCUT2D eigenvalue weighted by atomic mass is 9.90. The fraction of sp³-hybridized carbons (Fsp3) is 0.227. The van der Waals surface area contributed by atoms with Crippen LogP contribution < -0.4 is 9.47 Å². The number of methoxy groups -OCH3 is 2. The van der Waals surface area contributed by atoms with Crippen LogP contribution >= 0.6 is 11.3 Å². The Bertz CT molecular complexity index is 1030. The molecule has 4 rings (SSSR count). The minimum absolute atomic E-state index is 0.00650. The standard InChI is InChI=1S/C22H19F2NO3S/c1-27-18-10-13-5-6-25(22(26)14-8-15(23)11-16(24)9-14)21(20-4-3-7-29-20)17(13)12-19(18)28-2/h3-4,7-12,21H,5-6H2,1-2H3/t21-/m0/s1. The van der Waals surface area contributed by atoms with E-state index in [0.29, 0.717) is 24.5 Å². The average Bonchev–Trinajstić information content (AvgIpc) is 3.24. The Kier molecular flexibility index (Phi) is 5.24. The van der Waals surface area contributed by atoms with E-state index in [2.05, 4.69) is 0 Å². The van der Waals surface area contributed by atoms with E-state index in [-0.39, 0.29) is 11.6 Å². The van der Waals surface area contributed by atoms with E-state index in [4.69, 9.17) is 9.47 Å². The van der Waals surface area contributed by atoms with Crippen molar-refractivity contribution in [3.63, 3.8) is 0 Å². The summed E-state index contributed by atoms with van der Waals surface area (Å²) in [6.07, 6.45) is 0.598. The van der Waals surface area contributed by atoms with E-state index in [1.807, 2.05) is 29.6 Å². The zero-order chi connectivity index (χ0) is 20.5. The molecule has 3 aromatic rings. The van der Waals surface area contributed by atoms with Crippen molar-refractivity contribution in [1.29, 1.82) is 0 Å². The van der Waals surface area contributed by atoms with Crippen LogP contribution in [0.15, 0.2) is 47.8 Å². The molecule has 0 saturated heterocycles. The number of hydrogen-bond donors (Lipinski definition) is 0. The number of thiophene rings is 1. The number of hydrogen-bond acceptors (Lipinski definition) is 4. The fourth-order valence-electron chi connectivity index (χ4n) is 3.76. The maximum absolute atomic E-state index is 13.7. The number of fused-ring (bicyclic) bond motifs is 1. The van der Waals surface area contributed by atoms with Crippen LogP contribution in [0.2, 0.25) is 0 Å². The first-order valence-electron chi connectivity index (χ1n) is 9.07. The van der Waals surface area contributed by atoms with Crippen molar-refractivity contribution in [2.24, 2.45) is 0 Å². The molecule has 1 atom stereocenters. The number of carbonyl (C=O) groups is 1. The smallest absolute Gasteiger partial charge is 0.254 e. The Hall–Kier alpha value is -2.93. The molecule has 1 amide bonds. The van der Waals surface area contributed by atoms with Crippen LogP contribution in [0.25, 0.3) is 0 Å². The third-order valence-electron chi connectivity index (χ3n) is 5.06. The molecule has 1 aliphatic heterocycles. The summed E-state index contributed by atoms with van der Waals surface area (Å²) in [5, 5.41) is 1.94. The molecule has 7 heteroatoms. The molecule has 0 spiro atoms. The summed E-state index contributed by atoms with van der Waals surface area (Å²) < 4.78 is 38.3. The van der Waals surface area contributed by atoms with E-state index in [9.17, 15) is 13.6 Å². The number of ether oxygens (including phenoxy) is 2. The third kappa shape index (κ3) is 3.58. The van der Waals surface area contributed by atoms with Gasteiger partial charge in [-0.15, -0.1) is 11.3 Å². The van der Waals surface area contributed by atoms with Gasteiger partial charge in [0.15, 0.2) is 11.5 Å². The normalized spacial score (nSPS) is 15.7. The summed E-state index contributed by atoms with van der Waals surface area (Å²) >= 11 is 1.52. The van der Waals surface area contributed by atoms with Gasteiger partial charge in [-0.3, -0.25) is 4.79 Å². The second kappa shape index (κ2) is 7.83. The summed E-state index contributed by atoms with van der Waals surface area (Å²) in [6, 6.07) is 10.2. The molecule has 2 heterocycles. The molecule has 0 radical (unpaired) electrons. The van der Waals surface area contributed by atoms with Crippen molar-refractivity contribution in [3.05, 3.63) is 81.0 Å². The molecule has 4 nitrogen and oxygen atoms in total. The van der Waals surface area contributed by atoms with Crippen LogP contribution in [0, 0.1) is 11.6 Å². The molecular formula is C22H19F2NO3S. The number of benzene rings is 2. The van der Waals surface area contributed by atoms with Crippen molar-refractivity contribution in [2.75, 3.05) is 20.8 Å². The lowest BCUT2D eigenvalue weighted by molar-refractivity contribution is 0.0696. The molecule has 1 aromatic heterocycles. The molecular weight excluding hydrogens is 396 g/mol. The van der Waals surface area contributed by atoms with Crippen molar-refractivity contribution >= 4 is 17.2 Å². The summed E-state index contributed by atoms with van der Waals surface area (Å²) in [7, 11) is 3.14. The molecule has 0 fully saturated rings. The van der Waals surface area contributed by atoms with Gasteiger partial charge in [-0.25, -0.2) is 8.78 Å². The van der Waals surface area contributed by atoms with Crippen LogP contribution in [0.5, 0.6) is 11.5 Å². The molecule has 150 valence electrons. The topological polar surface area (TPSA) is 38.8 Å². The van der Waals surface area contributed by atoms with Gasteiger partial charge >= 0.3 is 0 Å². The number of amides is 1. The highest BCUT2D eigenvalue weighted by atomic mass is 32.1. The zero-order valence-corrected chi connectivity index (χ0v) is 16.8. The molecule has 0 aliphatic carbocycles. The van der Waals surface area contributed by atoms with E-state index in [1.54, 1.807) is 19.1 Å². The molecule has 1 aliphatic rings. The predicted molar refractivity (Wildman–Crippen MR) is 107 cm³/mol. The van der Waals surface area contributed by atoms with E-state index >= 15 is 0 Å². The Labute approximate surface area is 171 Å². The summed E-state index contributed by atoms with van der Waals surface area (Å²) in [4.78, 5) is 15.9. The predicted octanol–water partition coefficient (Wildman–Crippen LogP) is 4.83. The van der Waals surface area contributed by atoms with Gasteiger partial charge in [0.2, 0.25) is 0 Å². The van der Waals surface area contributed by atoms with Crippen molar-refractivity contribution in [3.8, 4) is 11.5 Å². The number of carbonyl (C=O) groups excluding carboxylic acids is 1. The SMILES string of the molecule is COc1cc2c(cc1OC)[C@@H](c1cccs1)N(C(=O)c1cc(F)cc(F)c1)CC2. The highest BCUT2D eigenvalue weighted by molar-refractivity contribution is 7.10. The van der Waals surface area contributed by atoms with Gasteiger partial charge in [0, 0.05) is 23.1 Å². The highest BCUT2D eigenvalue weighted by Gasteiger charge is 2.34. The molecule has 0 bridgehead atoms. The van der Waals surface area contributed by atoms with Gasteiger partial charge in [-0.05, 0) is 53.3 Å². The van der Waals surface area contributed by atoms with Crippen LogP contribution in [0.1, 0.15) is 32.4 Å². The largest absolute Gasteiger partial charge is 0.493 e. The lowest BCUT2D eigenvalue weighted by Crippen LogP contribution is -2.40. The van der Waals surface area contributed by atoms with Crippen LogP contribution in [-0.4, -0.2) is 31.6 Å². The maximum atomic E-state index is 13.7. The Morgan fingerprint density at radius 2 is 1.76 bits per heavy atom. The first-order valence-corrected chi connectivity index (χ1v) is 9.95. The minimum atomic E-state index is -0.773. The minimum Gasteiger partial charge on any atom is -0.493 e. The van der Waals surface area contributed by atoms with Crippen molar-refractivity contribution in [2.45, 2.75) is 12.5 Å². The van der Waals surface area contributed by atoms with Gasteiger partial charge in [0.1, 0.15) is 11.6 Å². The summed E-state index contributed by atoms with van der Waals surface area (Å²) in [5.41, 5.74) is 1.96. The quantitative estimate of drug-likeness (QED) is 0.613. The van der Waals surface area contributed by atoms with E-state index in [1.165, 1.54) is 11.3 Å². The van der Waals surface area contributed by atoms with Gasteiger partial charge in [0.05, 0.1) is 20.3 Å². The number of nitrogens with zero attached hydrogens (tertiary/aromatic N) is 1. The van der Waals surface area contributed by atoms with Crippen molar-refractivity contribution in [1.82, 2.24) is 4.90 Å². The van der Waals surface area contributed by atoms with Crippen molar-refractivity contribution < 1.29 is 23.0 Å². The summed E-state index contributed by atoms with van der Waals surface area (Å²) in [5.74, 6) is -0.765. The highest BCUT2D eigenvalue weighted by Crippen LogP contribution is 2.42. The molecule has 0 N–H and O–H groups in total. The average molecular weight is 415 g/mol. The monoisotopic (exact) mass is 415 g/mol. The van der Waals surface area contributed by atoms with Gasteiger partial charge in [-0.1, -0.05) is 6.07 Å². The molecule has 0 saturated carbocycles. The first-order chi connectivity index (χ1) is 14.0. The molecule has 29 heavy (non-hydrogen) atoms. The first kappa shape index (κ1) is 19.4. The fourth-order valence-corrected chi connectivity index (χ4v) is 4.62. The van der Waals surface area contributed by atoms with E-state index in [0.717, 1.165) is 34.2 Å². The Balaban J connectivity index is 1.82. The third-order valence-corrected chi connectivity index (χ3v) is 5.98.